The van der Waals surface area contributed by atoms with Gasteiger partial charge in [-0.05, 0) is 31.2 Å². The lowest BCUT2D eigenvalue weighted by Gasteiger charge is -2.13. The zero-order valence-electron chi connectivity index (χ0n) is 17.4. The Morgan fingerprint density at radius 1 is 1.13 bits per heavy atom. The van der Waals surface area contributed by atoms with Gasteiger partial charge in [-0.3, -0.25) is 14.4 Å². The summed E-state index contributed by atoms with van der Waals surface area (Å²) < 4.78 is 12.4. The number of rotatable bonds is 4. The Morgan fingerprint density at radius 3 is 2.77 bits per heavy atom. The van der Waals surface area contributed by atoms with E-state index in [-0.39, 0.29) is 12.4 Å². The number of H-pyrrole nitrogens is 1. The number of methoxy groups -OCH3 is 2. The summed E-state index contributed by atoms with van der Waals surface area (Å²) in [5, 5.41) is 9.66. The Kier molecular flexibility index (Phi) is 4.54. The Bertz CT molecular complexity index is 1330. The van der Waals surface area contributed by atoms with Crippen molar-refractivity contribution in [3.63, 3.8) is 0 Å². The van der Waals surface area contributed by atoms with Gasteiger partial charge in [0.2, 0.25) is 0 Å². The summed E-state index contributed by atoms with van der Waals surface area (Å²) >= 11 is 0. The summed E-state index contributed by atoms with van der Waals surface area (Å²) in [5.74, 6) is 1.67. The van der Waals surface area contributed by atoms with Crippen molar-refractivity contribution in [2.45, 2.75) is 19.4 Å². The van der Waals surface area contributed by atoms with E-state index < -0.39 is 6.04 Å². The highest BCUT2D eigenvalue weighted by molar-refractivity contribution is 6.21. The molecule has 31 heavy (non-hydrogen) atoms. The van der Waals surface area contributed by atoms with Crippen molar-refractivity contribution < 1.29 is 14.3 Å². The minimum Gasteiger partial charge on any atom is -0.497 e. The standard InChI is InChI=1S/C23H21N5O3/c1-13-26-27-23-19(11-21(29)31-3)25-22(17-12-24-18-7-5-4-6-15(17)18)16-10-14(30-2)8-9-20(16)28(13)23/h4-10,12,19,24H,11H2,1-3H3/t19-/m0/s1. The van der Waals surface area contributed by atoms with E-state index in [0.717, 1.165) is 33.4 Å². The summed E-state index contributed by atoms with van der Waals surface area (Å²) in [6.45, 7) is 1.89. The third-order valence-electron chi connectivity index (χ3n) is 5.56. The summed E-state index contributed by atoms with van der Waals surface area (Å²) in [7, 11) is 3.01. The lowest BCUT2D eigenvalue weighted by Crippen LogP contribution is -2.12. The molecular weight excluding hydrogens is 394 g/mol. The van der Waals surface area contributed by atoms with Crippen molar-refractivity contribution >= 4 is 22.6 Å². The summed E-state index contributed by atoms with van der Waals surface area (Å²) in [6.07, 6.45) is 2.01. The molecule has 0 spiro atoms. The number of carbonyl (C=O) groups is 1. The number of carbonyl (C=O) groups excluding carboxylic acids is 1. The van der Waals surface area contributed by atoms with Crippen LogP contribution in [0.15, 0.2) is 53.7 Å². The molecule has 0 fully saturated rings. The second kappa shape index (κ2) is 7.39. The molecule has 0 radical (unpaired) electrons. The van der Waals surface area contributed by atoms with Crippen molar-refractivity contribution in [3.05, 3.63) is 71.4 Å². The predicted octanol–water partition coefficient (Wildman–Crippen LogP) is 3.52. The van der Waals surface area contributed by atoms with Crippen molar-refractivity contribution in [2.24, 2.45) is 4.99 Å². The van der Waals surface area contributed by atoms with Crippen LogP contribution in [0.4, 0.5) is 0 Å². The molecule has 2 aromatic carbocycles. The van der Waals surface area contributed by atoms with Crippen molar-refractivity contribution in [2.75, 3.05) is 14.2 Å². The zero-order valence-corrected chi connectivity index (χ0v) is 17.4. The molecule has 0 unspecified atom stereocenters. The fourth-order valence-corrected chi connectivity index (χ4v) is 4.06. The molecule has 1 aliphatic rings. The topological polar surface area (TPSA) is 94.4 Å². The van der Waals surface area contributed by atoms with Gasteiger partial charge in [-0.25, -0.2) is 0 Å². The normalized spacial score (nSPS) is 15.1. The van der Waals surface area contributed by atoms with Gasteiger partial charge in [-0.2, -0.15) is 0 Å². The maximum absolute atomic E-state index is 12.2. The van der Waals surface area contributed by atoms with Crippen LogP contribution in [0.25, 0.3) is 16.6 Å². The first-order valence-corrected chi connectivity index (χ1v) is 9.92. The maximum atomic E-state index is 12.2. The van der Waals surface area contributed by atoms with Crippen molar-refractivity contribution in [1.82, 2.24) is 19.7 Å². The lowest BCUT2D eigenvalue weighted by molar-refractivity contribution is -0.141. The summed E-state index contributed by atoms with van der Waals surface area (Å²) in [4.78, 5) is 20.6. The molecule has 8 heteroatoms. The number of aromatic amines is 1. The molecule has 1 aliphatic heterocycles. The first-order chi connectivity index (χ1) is 15.1. The number of aryl methyl sites for hydroxylation is 1. The number of ether oxygens (including phenoxy) is 2. The lowest BCUT2D eigenvalue weighted by atomic mass is 9.99. The predicted molar refractivity (Wildman–Crippen MR) is 116 cm³/mol. The number of nitrogens with zero attached hydrogens (tertiary/aromatic N) is 4. The van der Waals surface area contributed by atoms with Crippen LogP contribution in [0.1, 0.15) is 35.2 Å². The van der Waals surface area contributed by atoms with Gasteiger partial charge in [-0.1, -0.05) is 18.2 Å². The van der Waals surface area contributed by atoms with E-state index in [1.54, 1.807) is 7.11 Å². The number of fused-ring (bicyclic) bond motifs is 4. The highest BCUT2D eigenvalue weighted by Gasteiger charge is 2.30. The number of esters is 1. The molecular formula is C23H21N5O3. The first kappa shape index (κ1) is 19.0. The minimum absolute atomic E-state index is 0.0611. The third-order valence-corrected chi connectivity index (χ3v) is 5.56. The first-order valence-electron chi connectivity index (χ1n) is 9.92. The average Bonchev–Trinajstić information content (AvgIpc) is 3.36. The molecule has 0 saturated heterocycles. The molecule has 0 bridgehead atoms. The highest BCUT2D eigenvalue weighted by Crippen LogP contribution is 2.35. The quantitative estimate of drug-likeness (QED) is 0.515. The zero-order chi connectivity index (χ0) is 21.5. The van der Waals surface area contributed by atoms with Crippen LogP contribution in [0, 0.1) is 6.92 Å². The van der Waals surface area contributed by atoms with Gasteiger partial charge >= 0.3 is 5.97 Å². The molecule has 0 amide bonds. The molecule has 1 atom stereocenters. The van der Waals surface area contributed by atoms with Gasteiger partial charge in [0.1, 0.15) is 17.6 Å². The smallest absolute Gasteiger partial charge is 0.308 e. The monoisotopic (exact) mass is 415 g/mol. The molecule has 0 aliphatic carbocycles. The van der Waals surface area contributed by atoms with Crippen LogP contribution < -0.4 is 4.74 Å². The second-order valence-electron chi connectivity index (χ2n) is 7.35. The van der Waals surface area contributed by atoms with Gasteiger partial charge in [0.15, 0.2) is 5.82 Å². The van der Waals surface area contributed by atoms with Crippen molar-refractivity contribution in [1.29, 1.82) is 0 Å². The van der Waals surface area contributed by atoms with E-state index >= 15 is 0 Å². The molecule has 2 aromatic heterocycles. The van der Waals surface area contributed by atoms with Gasteiger partial charge in [0.25, 0.3) is 0 Å². The number of hydrogen-bond donors (Lipinski definition) is 1. The summed E-state index contributed by atoms with van der Waals surface area (Å²) in [5.41, 5.74) is 4.46. The Morgan fingerprint density at radius 2 is 1.97 bits per heavy atom. The van der Waals surface area contributed by atoms with E-state index in [2.05, 4.69) is 21.2 Å². The third kappa shape index (κ3) is 3.07. The van der Waals surface area contributed by atoms with Crippen LogP contribution in [0.5, 0.6) is 5.75 Å². The Labute approximate surface area is 178 Å². The Hall–Kier alpha value is -3.94. The van der Waals surface area contributed by atoms with Gasteiger partial charge in [0.05, 0.1) is 32.0 Å². The minimum atomic E-state index is -0.546. The number of hydrogen-bond acceptors (Lipinski definition) is 6. The molecule has 3 heterocycles. The number of aliphatic imine (C=N–C) groups is 1. The number of nitrogens with one attached hydrogen (secondary N) is 1. The van der Waals surface area contributed by atoms with Gasteiger partial charge in [0, 0.05) is 28.2 Å². The number of benzene rings is 2. The van der Waals surface area contributed by atoms with Crippen LogP contribution >= 0.6 is 0 Å². The molecule has 0 saturated carbocycles. The molecule has 1 N–H and O–H groups in total. The van der Waals surface area contributed by atoms with E-state index in [0.29, 0.717) is 17.4 Å². The van der Waals surface area contributed by atoms with Gasteiger partial charge < -0.3 is 14.5 Å². The van der Waals surface area contributed by atoms with Crippen LogP contribution in [-0.2, 0) is 9.53 Å². The van der Waals surface area contributed by atoms with Gasteiger partial charge in [-0.15, -0.1) is 10.2 Å². The fourth-order valence-electron chi connectivity index (χ4n) is 4.06. The van der Waals surface area contributed by atoms with Crippen LogP contribution in [0.3, 0.4) is 0 Å². The SMILES string of the molecule is COC(=O)C[C@@H]1N=C(c2c[nH]c3ccccc23)c2cc(OC)ccc2-n2c(C)nnc21. The van der Waals surface area contributed by atoms with E-state index in [1.165, 1.54) is 7.11 Å². The fraction of sp³-hybridized carbons (Fsp3) is 0.217. The number of para-hydroxylation sites is 1. The average molecular weight is 415 g/mol. The van der Waals surface area contributed by atoms with E-state index in [9.17, 15) is 4.79 Å². The second-order valence-corrected chi connectivity index (χ2v) is 7.35. The number of aromatic nitrogens is 4. The summed E-state index contributed by atoms with van der Waals surface area (Å²) in [6, 6.07) is 13.3. The largest absolute Gasteiger partial charge is 0.497 e. The highest BCUT2D eigenvalue weighted by atomic mass is 16.5. The van der Waals surface area contributed by atoms with Crippen LogP contribution in [0.2, 0.25) is 0 Å². The molecule has 8 nitrogen and oxygen atoms in total. The Balaban J connectivity index is 1.82. The molecule has 5 rings (SSSR count). The molecule has 4 aromatic rings. The van der Waals surface area contributed by atoms with E-state index in [1.807, 2.05) is 54.1 Å². The van der Waals surface area contributed by atoms with Crippen molar-refractivity contribution in [3.8, 4) is 11.4 Å². The van der Waals surface area contributed by atoms with E-state index in [4.69, 9.17) is 14.5 Å². The molecule has 156 valence electrons. The maximum Gasteiger partial charge on any atom is 0.308 e. The van der Waals surface area contributed by atoms with Crippen LogP contribution in [-0.4, -0.2) is 45.6 Å².